The Hall–Kier alpha value is -1.56. The van der Waals surface area contributed by atoms with Gasteiger partial charge in [0.05, 0.1) is 24.9 Å². The lowest BCUT2D eigenvalue weighted by atomic mass is 9.73. The molecule has 34 heavy (non-hydrogen) atoms. The molecule has 3 aliphatic rings. The predicted octanol–water partition coefficient (Wildman–Crippen LogP) is 7.71. The van der Waals surface area contributed by atoms with Crippen LogP contribution in [-0.2, 0) is 20.9 Å². The Morgan fingerprint density at radius 3 is 2.35 bits per heavy atom. The minimum absolute atomic E-state index is 0.0342. The van der Waals surface area contributed by atoms with E-state index in [-0.39, 0.29) is 23.7 Å². The molecule has 6 heteroatoms. The summed E-state index contributed by atoms with van der Waals surface area (Å²) in [5.74, 6) is 1.52. The fraction of sp³-hybridized carbons (Fsp3) is 0.500. The Morgan fingerprint density at radius 2 is 1.68 bits per heavy atom. The average molecular weight is 502 g/mol. The molecule has 0 bridgehead atoms. The Balaban J connectivity index is 1.20. The molecule has 0 saturated heterocycles. The zero-order valence-corrected chi connectivity index (χ0v) is 21.4. The summed E-state index contributed by atoms with van der Waals surface area (Å²) in [5, 5.41) is 3.19. The zero-order chi connectivity index (χ0) is 23.7. The van der Waals surface area contributed by atoms with E-state index >= 15 is 0 Å². The van der Waals surface area contributed by atoms with Crippen LogP contribution in [0, 0.1) is 11.3 Å². The highest BCUT2D eigenvalue weighted by Gasteiger charge is 2.41. The van der Waals surface area contributed by atoms with Crippen molar-refractivity contribution in [1.29, 1.82) is 0 Å². The average Bonchev–Trinajstić information content (AvgIpc) is 3.58. The predicted molar refractivity (Wildman–Crippen MR) is 135 cm³/mol. The highest BCUT2D eigenvalue weighted by Crippen LogP contribution is 2.46. The van der Waals surface area contributed by atoms with Gasteiger partial charge in [-0.25, -0.2) is 0 Å². The van der Waals surface area contributed by atoms with Crippen LogP contribution in [-0.4, -0.2) is 24.0 Å². The summed E-state index contributed by atoms with van der Waals surface area (Å²) < 4.78 is 12.8. The van der Waals surface area contributed by atoms with Gasteiger partial charge in [-0.15, -0.1) is 5.06 Å². The maximum Gasteiger partial charge on any atom is 0.134 e. The molecule has 3 unspecified atom stereocenters. The van der Waals surface area contributed by atoms with Crippen LogP contribution >= 0.6 is 23.2 Å². The third-order valence-corrected chi connectivity index (χ3v) is 7.90. The largest absolute Gasteiger partial charge is 0.407 e. The van der Waals surface area contributed by atoms with Gasteiger partial charge in [-0.2, -0.15) is 0 Å². The van der Waals surface area contributed by atoms with E-state index < -0.39 is 0 Å². The third kappa shape index (κ3) is 5.47. The van der Waals surface area contributed by atoms with Crippen molar-refractivity contribution in [3.63, 3.8) is 0 Å². The monoisotopic (exact) mass is 501 g/mol. The van der Waals surface area contributed by atoms with Gasteiger partial charge in [0, 0.05) is 21.5 Å². The van der Waals surface area contributed by atoms with E-state index in [1.54, 1.807) is 0 Å². The van der Waals surface area contributed by atoms with Crippen LogP contribution in [0.25, 0.3) is 0 Å². The fourth-order valence-electron chi connectivity index (χ4n) is 5.12. The molecule has 5 rings (SSSR count). The number of rotatable bonds is 8. The number of allylic oxidation sites excluding steroid dienone is 1. The van der Waals surface area contributed by atoms with Crippen LogP contribution in [0.4, 0.5) is 0 Å². The zero-order valence-electron chi connectivity index (χ0n) is 19.9. The molecule has 0 amide bonds. The first-order valence-electron chi connectivity index (χ1n) is 12.3. The van der Waals surface area contributed by atoms with Gasteiger partial charge < -0.3 is 14.3 Å². The number of hydroxylamine groups is 2. The lowest BCUT2D eigenvalue weighted by molar-refractivity contribution is -0.206. The molecule has 182 valence electrons. The summed E-state index contributed by atoms with van der Waals surface area (Å²) in [4.78, 5) is 6.24. The second-order valence-electron chi connectivity index (χ2n) is 10.4. The molecule has 2 saturated carbocycles. The van der Waals surface area contributed by atoms with E-state index in [0.717, 1.165) is 30.6 Å². The smallest absolute Gasteiger partial charge is 0.134 e. The van der Waals surface area contributed by atoms with Crippen molar-refractivity contribution in [1.82, 2.24) is 5.06 Å². The fourth-order valence-corrected chi connectivity index (χ4v) is 5.74. The number of benzene rings is 2. The Kier molecular flexibility index (Phi) is 7.25. The number of nitrogens with zero attached hydrogens (tertiary/aromatic N) is 1. The van der Waals surface area contributed by atoms with Crippen molar-refractivity contribution in [2.75, 3.05) is 6.73 Å². The minimum Gasteiger partial charge on any atom is -0.407 e. The molecule has 2 aromatic carbocycles. The molecule has 2 aliphatic carbocycles. The SMILES string of the molecule is CC1(C)CC(OCN2OC(C3CC3)=CC2c2c(Cl)cccc2Cl)CCC1OCc1ccccc1. The number of hydrogen-bond acceptors (Lipinski definition) is 4. The van der Waals surface area contributed by atoms with E-state index in [0.29, 0.717) is 29.3 Å². The first-order valence-corrected chi connectivity index (χ1v) is 13.0. The van der Waals surface area contributed by atoms with Gasteiger partial charge in [0.1, 0.15) is 12.5 Å². The van der Waals surface area contributed by atoms with Crippen molar-refractivity contribution in [2.24, 2.45) is 11.3 Å². The molecule has 1 aliphatic heterocycles. The standard InChI is InChI=1S/C28H33Cl2NO3/c1-28(2)16-21(13-14-26(28)32-17-19-7-4-3-5-8-19)33-18-31-24(15-25(34-31)20-11-12-20)27-22(29)9-6-10-23(27)30/h3-10,15,20-21,24,26H,11-14,16-18H2,1-2H3. The number of ether oxygens (including phenoxy) is 2. The normalized spacial score (nSPS) is 26.8. The van der Waals surface area contributed by atoms with Gasteiger partial charge in [-0.05, 0) is 61.3 Å². The topological polar surface area (TPSA) is 30.9 Å². The summed E-state index contributed by atoms with van der Waals surface area (Å²) in [6.07, 6.45) is 7.77. The summed E-state index contributed by atoms with van der Waals surface area (Å²) in [5.41, 5.74) is 2.13. The minimum atomic E-state index is -0.143. The van der Waals surface area contributed by atoms with Crippen molar-refractivity contribution < 1.29 is 14.3 Å². The van der Waals surface area contributed by atoms with Crippen molar-refractivity contribution in [3.05, 3.63) is 81.5 Å². The van der Waals surface area contributed by atoms with Crippen molar-refractivity contribution >= 4 is 23.2 Å². The van der Waals surface area contributed by atoms with Crippen molar-refractivity contribution in [3.8, 4) is 0 Å². The molecule has 2 aromatic rings. The maximum absolute atomic E-state index is 6.54. The van der Waals surface area contributed by atoms with E-state index in [1.165, 1.54) is 18.4 Å². The summed E-state index contributed by atoms with van der Waals surface area (Å²) in [7, 11) is 0. The molecular formula is C28H33Cl2NO3. The number of hydrogen-bond donors (Lipinski definition) is 0. The molecular weight excluding hydrogens is 469 g/mol. The van der Waals surface area contributed by atoms with Gasteiger partial charge in [0.25, 0.3) is 0 Å². The van der Waals surface area contributed by atoms with Gasteiger partial charge in [0.2, 0.25) is 0 Å². The van der Waals surface area contributed by atoms with Crippen LogP contribution in [0.2, 0.25) is 10.0 Å². The summed E-state index contributed by atoms with van der Waals surface area (Å²) in [6, 6.07) is 15.9. The van der Waals surface area contributed by atoms with E-state index in [9.17, 15) is 0 Å². The second-order valence-corrected chi connectivity index (χ2v) is 11.2. The molecule has 0 spiro atoms. The molecule has 2 fully saturated rings. The van der Waals surface area contributed by atoms with Gasteiger partial charge in [-0.1, -0.05) is 73.4 Å². The second kappa shape index (κ2) is 10.2. The molecule has 0 N–H and O–H groups in total. The number of halogens is 2. The maximum atomic E-state index is 6.54. The molecule has 4 nitrogen and oxygen atoms in total. The quantitative estimate of drug-likeness (QED) is 0.370. The Labute approximate surface area is 212 Å². The lowest BCUT2D eigenvalue weighted by Crippen LogP contribution is -2.42. The third-order valence-electron chi connectivity index (χ3n) is 7.24. The summed E-state index contributed by atoms with van der Waals surface area (Å²) >= 11 is 13.1. The highest BCUT2D eigenvalue weighted by atomic mass is 35.5. The van der Waals surface area contributed by atoms with E-state index in [4.69, 9.17) is 37.5 Å². The van der Waals surface area contributed by atoms with Crippen LogP contribution in [0.15, 0.2) is 60.4 Å². The lowest BCUT2D eigenvalue weighted by Gasteiger charge is -2.42. The molecule has 3 atom stereocenters. The van der Waals surface area contributed by atoms with Gasteiger partial charge >= 0.3 is 0 Å². The summed E-state index contributed by atoms with van der Waals surface area (Å²) in [6.45, 7) is 5.58. The van der Waals surface area contributed by atoms with E-state index in [1.807, 2.05) is 29.3 Å². The van der Waals surface area contributed by atoms with E-state index in [2.05, 4.69) is 44.2 Å². The van der Waals surface area contributed by atoms with Gasteiger partial charge in [-0.3, -0.25) is 0 Å². The van der Waals surface area contributed by atoms with Crippen LogP contribution in [0.1, 0.15) is 63.1 Å². The molecule has 0 radical (unpaired) electrons. The Bertz CT molecular complexity index is 1000. The van der Waals surface area contributed by atoms with Crippen LogP contribution in [0.3, 0.4) is 0 Å². The van der Waals surface area contributed by atoms with Crippen LogP contribution in [0.5, 0.6) is 0 Å². The Morgan fingerprint density at radius 1 is 0.941 bits per heavy atom. The molecule has 1 heterocycles. The van der Waals surface area contributed by atoms with Crippen LogP contribution < -0.4 is 0 Å². The first-order chi connectivity index (χ1) is 16.4. The first kappa shape index (κ1) is 24.1. The highest BCUT2D eigenvalue weighted by molar-refractivity contribution is 6.36. The van der Waals surface area contributed by atoms with Gasteiger partial charge in [0.15, 0.2) is 0 Å². The molecule has 0 aromatic heterocycles. The van der Waals surface area contributed by atoms with Crippen molar-refractivity contribution in [2.45, 2.75) is 70.8 Å².